The number of hydrogen-bond acceptors (Lipinski definition) is 9. The smallest absolute Gasteiger partial charge is 0.431 e. The molecule has 2 fully saturated rings. The monoisotopic (exact) mass is 732 g/mol. The summed E-state index contributed by atoms with van der Waals surface area (Å²) in [6.45, 7) is 3.11. The number of nitrogens with one attached hydrogen (secondary N) is 1. The molecule has 2 atom stereocenters. The van der Waals surface area contributed by atoms with Crippen LogP contribution in [0.5, 0.6) is 0 Å². The topological polar surface area (TPSA) is 156 Å². The van der Waals surface area contributed by atoms with Crippen molar-refractivity contribution in [2.75, 3.05) is 0 Å². The van der Waals surface area contributed by atoms with Gasteiger partial charge in [0.25, 0.3) is 5.91 Å². The van der Waals surface area contributed by atoms with E-state index in [-0.39, 0.29) is 0 Å². The van der Waals surface area contributed by atoms with Crippen LogP contribution in [0.15, 0.2) is 18.2 Å². The number of halogens is 9. The average molecular weight is 733 g/mol. The van der Waals surface area contributed by atoms with Crippen LogP contribution in [0.3, 0.4) is 0 Å². The average Bonchev–Trinajstić information content (AvgIpc) is 3.54. The molecular weight excluding hydrogens is 705 g/mol. The van der Waals surface area contributed by atoms with E-state index in [1.807, 2.05) is 0 Å². The first kappa shape index (κ1) is 38.5. The standard InChI is InChI=1S/C26H28F9NO9S2/c1-21(7-3-4-8-21)44-18(38)15-11-14(12-16(13-15)19(39)45-22(2)9-5-6-10-22)17(37)36-47(42,43)26(34,35)25(32,33)23(27,28)20(46(40)41)24(29,30)31/h11-13,20H,3-10H2,1-2H3,(H,36,37)(H,40,41)/p-1/t20-/m0/s1. The van der Waals surface area contributed by atoms with Gasteiger partial charge in [0.05, 0.1) is 11.1 Å². The van der Waals surface area contributed by atoms with Gasteiger partial charge in [0.1, 0.15) is 11.2 Å². The Morgan fingerprint density at radius 1 is 0.787 bits per heavy atom. The molecular formula is C26H27F9NO9S2-. The molecule has 0 bridgehead atoms. The molecule has 266 valence electrons. The third kappa shape index (κ3) is 7.71. The number of sulfonamides is 1. The Hall–Kier alpha value is -2.94. The van der Waals surface area contributed by atoms with Gasteiger partial charge < -0.3 is 14.0 Å². The summed E-state index contributed by atoms with van der Waals surface area (Å²) in [6, 6.07) is 1.83. The zero-order chi connectivity index (χ0) is 36.0. The molecule has 0 aliphatic heterocycles. The third-order valence-corrected chi connectivity index (χ3v) is 10.2. The van der Waals surface area contributed by atoms with E-state index in [9.17, 15) is 71.1 Å². The van der Waals surface area contributed by atoms with Gasteiger partial charge in [-0.1, -0.05) is 0 Å². The molecule has 0 aromatic heterocycles. The first-order chi connectivity index (χ1) is 21.2. The zero-order valence-corrected chi connectivity index (χ0v) is 26.0. The number of benzene rings is 1. The van der Waals surface area contributed by atoms with E-state index in [1.165, 1.54) is 0 Å². The van der Waals surface area contributed by atoms with Gasteiger partial charge in [-0.05, 0) is 94.5 Å². The van der Waals surface area contributed by atoms with Crippen LogP contribution in [0.4, 0.5) is 39.5 Å². The van der Waals surface area contributed by atoms with Gasteiger partial charge in [-0.15, -0.1) is 0 Å². The minimum Gasteiger partial charge on any atom is -0.772 e. The molecule has 2 saturated carbocycles. The number of ether oxygens (including phenoxy) is 2. The van der Waals surface area contributed by atoms with Crippen LogP contribution in [-0.4, -0.2) is 74.8 Å². The lowest BCUT2D eigenvalue weighted by atomic mass is 10.0. The Labute approximate surface area is 264 Å². The van der Waals surface area contributed by atoms with Gasteiger partial charge in [-0.3, -0.25) is 9.00 Å². The Balaban J connectivity index is 2.02. The predicted octanol–water partition coefficient (Wildman–Crippen LogP) is 5.40. The van der Waals surface area contributed by atoms with Gasteiger partial charge in [-0.25, -0.2) is 14.3 Å². The van der Waals surface area contributed by atoms with Crippen LogP contribution in [-0.2, 0) is 30.6 Å². The van der Waals surface area contributed by atoms with E-state index in [2.05, 4.69) is 0 Å². The number of rotatable bonds is 11. The maximum atomic E-state index is 14.6. The Bertz CT molecular complexity index is 1480. The first-order valence-electron chi connectivity index (χ1n) is 13.7. The van der Waals surface area contributed by atoms with Gasteiger partial charge in [0.15, 0.2) is 5.25 Å². The van der Waals surface area contributed by atoms with E-state index >= 15 is 0 Å². The normalized spacial score (nSPS) is 19.9. The fourth-order valence-electron chi connectivity index (χ4n) is 5.22. The van der Waals surface area contributed by atoms with E-state index in [0.717, 1.165) is 6.07 Å². The van der Waals surface area contributed by atoms with Crippen molar-refractivity contribution >= 4 is 38.9 Å². The molecule has 1 aromatic carbocycles. The summed E-state index contributed by atoms with van der Waals surface area (Å²) in [6.07, 6.45) is -2.56. The van der Waals surface area contributed by atoms with Crippen molar-refractivity contribution in [3.8, 4) is 0 Å². The lowest BCUT2D eigenvalue weighted by Gasteiger charge is -2.37. The lowest BCUT2D eigenvalue weighted by molar-refractivity contribution is -0.305. The van der Waals surface area contributed by atoms with Crippen molar-refractivity contribution < 1.29 is 80.6 Å². The summed E-state index contributed by atoms with van der Waals surface area (Å²) in [7, 11) is -7.44. The van der Waals surface area contributed by atoms with Crippen LogP contribution >= 0.6 is 0 Å². The highest BCUT2D eigenvalue weighted by Gasteiger charge is 2.82. The third-order valence-electron chi connectivity index (χ3n) is 7.84. The molecule has 1 unspecified atom stereocenters. The highest BCUT2D eigenvalue weighted by Crippen LogP contribution is 2.53. The molecule has 1 aromatic rings. The number of carbonyl (C=O) groups is 3. The number of esters is 2. The first-order valence-corrected chi connectivity index (χ1v) is 16.3. The molecule has 3 rings (SSSR count). The van der Waals surface area contributed by atoms with E-state index < -0.39 is 95.4 Å². The summed E-state index contributed by atoms with van der Waals surface area (Å²) in [4.78, 5) is 38.8. The Kier molecular flexibility index (Phi) is 10.5. The molecule has 0 radical (unpaired) electrons. The van der Waals surface area contributed by atoms with Crippen molar-refractivity contribution in [1.29, 1.82) is 0 Å². The zero-order valence-electron chi connectivity index (χ0n) is 24.4. The van der Waals surface area contributed by atoms with E-state index in [4.69, 9.17) is 9.47 Å². The minimum atomic E-state index is -7.60. The van der Waals surface area contributed by atoms with Crippen LogP contribution in [0.1, 0.15) is 96.3 Å². The summed E-state index contributed by atoms with van der Waals surface area (Å²) < 4.78 is 182. The van der Waals surface area contributed by atoms with Gasteiger partial charge in [0, 0.05) is 5.56 Å². The molecule has 2 aliphatic carbocycles. The fourth-order valence-corrected chi connectivity index (χ4v) is 6.79. The van der Waals surface area contributed by atoms with Crippen molar-refractivity contribution in [3.05, 3.63) is 34.9 Å². The molecule has 21 heteroatoms. The van der Waals surface area contributed by atoms with Crippen molar-refractivity contribution in [3.63, 3.8) is 0 Å². The molecule has 0 heterocycles. The highest BCUT2D eigenvalue weighted by atomic mass is 32.2. The molecule has 0 saturated heterocycles. The number of alkyl halides is 9. The fraction of sp³-hybridized carbons (Fsp3) is 0.654. The predicted molar refractivity (Wildman–Crippen MR) is 141 cm³/mol. The number of carbonyl (C=O) groups excluding carboxylic acids is 3. The minimum absolute atomic E-state index is 0.322. The van der Waals surface area contributed by atoms with Crippen LogP contribution in [0.2, 0.25) is 0 Å². The second kappa shape index (κ2) is 12.8. The maximum Gasteiger partial charge on any atom is 0.431 e. The summed E-state index contributed by atoms with van der Waals surface area (Å²) in [5.41, 5.74) is -4.51. The Morgan fingerprint density at radius 2 is 1.15 bits per heavy atom. The van der Waals surface area contributed by atoms with Gasteiger partial charge in [-0.2, -0.15) is 47.9 Å². The van der Waals surface area contributed by atoms with Crippen LogP contribution in [0, 0.1) is 0 Å². The largest absolute Gasteiger partial charge is 0.772 e. The summed E-state index contributed by atoms with van der Waals surface area (Å²) >= 11 is -5.22. The molecule has 1 N–H and O–H groups in total. The van der Waals surface area contributed by atoms with Crippen LogP contribution in [0.25, 0.3) is 0 Å². The summed E-state index contributed by atoms with van der Waals surface area (Å²) in [5.74, 6) is -19.6. The second-order valence-electron chi connectivity index (χ2n) is 11.7. The number of hydrogen-bond donors (Lipinski definition) is 1. The molecule has 10 nitrogen and oxygen atoms in total. The molecule has 47 heavy (non-hydrogen) atoms. The van der Waals surface area contributed by atoms with Crippen LogP contribution < -0.4 is 4.72 Å². The summed E-state index contributed by atoms with van der Waals surface area (Å²) in [5, 5.41) is -12.8. The lowest BCUT2D eigenvalue weighted by Crippen LogP contribution is -2.67. The van der Waals surface area contributed by atoms with Crippen molar-refractivity contribution in [2.45, 2.75) is 105 Å². The van der Waals surface area contributed by atoms with Crippen molar-refractivity contribution in [2.24, 2.45) is 0 Å². The van der Waals surface area contributed by atoms with Gasteiger partial charge in [0.2, 0.25) is 0 Å². The highest BCUT2D eigenvalue weighted by molar-refractivity contribution is 7.91. The maximum absolute atomic E-state index is 14.6. The molecule has 2 aliphatic rings. The second-order valence-corrected chi connectivity index (χ2v) is 14.4. The number of amides is 1. The molecule has 1 amide bonds. The molecule has 0 spiro atoms. The van der Waals surface area contributed by atoms with E-state index in [0.29, 0.717) is 68.2 Å². The van der Waals surface area contributed by atoms with Crippen molar-refractivity contribution in [1.82, 2.24) is 4.72 Å². The van der Waals surface area contributed by atoms with Gasteiger partial charge >= 0.3 is 45.2 Å². The van der Waals surface area contributed by atoms with E-state index in [1.54, 1.807) is 13.8 Å². The quantitative estimate of drug-likeness (QED) is 0.179. The SMILES string of the molecule is CC1(OC(=O)c2cc(C(=O)NS(=O)(=O)C(F)(F)C(F)(F)C(F)(F)[C@H](S(=O)[O-])C(F)(F)F)cc(C(=O)OC3(C)CCCC3)c2)CCCC1. The Morgan fingerprint density at radius 3 is 1.49 bits per heavy atom.